The van der Waals surface area contributed by atoms with Gasteiger partial charge in [0.05, 0.1) is 6.04 Å². The fourth-order valence-electron chi connectivity index (χ4n) is 4.34. The Labute approximate surface area is 137 Å². The average Bonchev–Trinajstić information content (AvgIpc) is 3.04. The third-order valence-electron chi connectivity index (χ3n) is 5.82. The van der Waals surface area contributed by atoms with Crippen LogP contribution in [0.5, 0.6) is 0 Å². The Hall–Kier alpha value is -0.750. The second-order valence-electron chi connectivity index (χ2n) is 7.28. The molecule has 1 aliphatic carbocycles. The summed E-state index contributed by atoms with van der Waals surface area (Å²) in [5.74, 6) is -2.41. The molecule has 4 nitrogen and oxygen atoms in total. The Balaban J connectivity index is 1.59. The van der Waals surface area contributed by atoms with Gasteiger partial charge < -0.3 is 9.64 Å². The minimum absolute atomic E-state index is 0.0285. The van der Waals surface area contributed by atoms with Gasteiger partial charge in [-0.2, -0.15) is 0 Å². The highest BCUT2D eigenvalue weighted by Crippen LogP contribution is 2.35. The highest BCUT2D eigenvalue weighted by Gasteiger charge is 2.41. The molecule has 1 unspecified atom stereocenters. The van der Waals surface area contributed by atoms with Crippen LogP contribution < -0.4 is 0 Å². The lowest BCUT2D eigenvalue weighted by Crippen LogP contribution is -2.52. The van der Waals surface area contributed by atoms with E-state index in [4.69, 9.17) is 4.74 Å². The first kappa shape index (κ1) is 17.1. The highest BCUT2D eigenvalue weighted by molar-refractivity contribution is 5.82. The number of likely N-dealkylation sites (N-methyl/N-ethyl adjacent to an activating group) is 1. The lowest BCUT2D eigenvalue weighted by Gasteiger charge is -2.39. The van der Waals surface area contributed by atoms with Crippen LogP contribution in [0.4, 0.5) is 8.78 Å². The number of likely N-dealkylation sites (tertiary alicyclic amines) is 1. The Morgan fingerprint density at radius 2 is 1.78 bits per heavy atom. The molecule has 0 aromatic carbocycles. The number of alkyl halides is 2. The summed E-state index contributed by atoms with van der Waals surface area (Å²) in [4.78, 5) is 17.0. The zero-order valence-corrected chi connectivity index (χ0v) is 14.0. The molecule has 0 aromatic rings. The van der Waals surface area contributed by atoms with Crippen LogP contribution in [0.2, 0.25) is 0 Å². The van der Waals surface area contributed by atoms with Crippen LogP contribution in [0.25, 0.3) is 0 Å². The van der Waals surface area contributed by atoms with Crippen LogP contribution in [-0.2, 0) is 9.53 Å². The number of halogens is 2. The number of nitrogens with zero attached hydrogens (tertiary/aromatic N) is 2. The molecule has 2 saturated heterocycles. The monoisotopic (exact) mass is 330 g/mol. The third kappa shape index (κ3) is 3.85. The van der Waals surface area contributed by atoms with Crippen molar-refractivity contribution in [3.63, 3.8) is 0 Å². The minimum atomic E-state index is -2.54. The summed E-state index contributed by atoms with van der Waals surface area (Å²) >= 11 is 0. The molecule has 0 aromatic heterocycles. The molecular weight excluding hydrogens is 302 g/mol. The average molecular weight is 330 g/mol. The van der Waals surface area contributed by atoms with E-state index in [0.717, 1.165) is 45.4 Å². The quantitative estimate of drug-likeness (QED) is 0.797. The van der Waals surface area contributed by atoms with Gasteiger partial charge in [0.2, 0.25) is 11.8 Å². The third-order valence-corrected chi connectivity index (χ3v) is 5.82. The van der Waals surface area contributed by atoms with Crippen molar-refractivity contribution in [2.75, 3.05) is 26.8 Å². The molecule has 6 heteroatoms. The maximum Gasteiger partial charge on any atom is 0.248 e. The van der Waals surface area contributed by atoms with Gasteiger partial charge in [0.15, 0.2) is 0 Å². The smallest absolute Gasteiger partial charge is 0.248 e. The fraction of sp³-hybridized carbons (Fsp3) is 0.941. The van der Waals surface area contributed by atoms with E-state index in [1.54, 1.807) is 11.9 Å². The molecule has 0 N–H and O–H groups in total. The Bertz CT molecular complexity index is 417. The van der Waals surface area contributed by atoms with Crippen molar-refractivity contribution in [3.8, 4) is 0 Å². The molecule has 3 fully saturated rings. The van der Waals surface area contributed by atoms with Crippen molar-refractivity contribution in [2.24, 2.45) is 0 Å². The van der Waals surface area contributed by atoms with Crippen LogP contribution in [0.15, 0.2) is 0 Å². The molecule has 3 rings (SSSR count). The molecular formula is C17H28F2N2O2. The lowest BCUT2D eigenvalue weighted by molar-refractivity contribution is -0.141. The second-order valence-corrected chi connectivity index (χ2v) is 7.28. The Morgan fingerprint density at radius 1 is 1.13 bits per heavy atom. The maximum atomic E-state index is 13.3. The molecule has 0 spiro atoms. The first-order valence-electron chi connectivity index (χ1n) is 8.96. The van der Waals surface area contributed by atoms with Crippen LogP contribution in [-0.4, -0.2) is 66.6 Å². The number of carbonyl (C=O) groups excluding carboxylic acids is 1. The number of ether oxygens (including phenoxy) is 1. The molecule has 2 aliphatic heterocycles. The van der Waals surface area contributed by atoms with Crippen molar-refractivity contribution in [3.05, 3.63) is 0 Å². The van der Waals surface area contributed by atoms with E-state index in [2.05, 4.69) is 4.90 Å². The molecule has 3 aliphatic rings. The van der Waals surface area contributed by atoms with E-state index in [1.165, 1.54) is 0 Å². The predicted octanol–water partition coefficient (Wildman–Crippen LogP) is 2.67. The second kappa shape index (κ2) is 7.01. The number of rotatable bonds is 3. The van der Waals surface area contributed by atoms with Crippen molar-refractivity contribution < 1.29 is 18.3 Å². The van der Waals surface area contributed by atoms with Gasteiger partial charge in [-0.15, -0.1) is 0 Å². The molecule has 2 heterocycles. The van der Waals surface area contributed by atoms with Crippen molar-refractivity contribution in [1.29, 1.82) is 0 Å². The van der Waals surface area contributed by atoms with Gasteiger partial charge in [-0.3, -0.25) is 9.69 Å². The van der Waals surface area contributed by atoms with E-state index in [0.29, 0.717) is 18.9 Å². The van der Waals surface area contributed by atoms with Crippen LogP contribution in [0.1, 0.15) is 51.4 Å². The van der Waals surface area contributed by atoms with E-state index in [-0.39, 0.29) is 30.8 Å². The van der Waals surface area contributed by atoms with Gasteiger partial charge >= 0.3 is 0 Å². The minimum Gasteiger partial charge on any atom is -0.381 e. The normalized spacial score (nSPS) is 30.5. The van der Waals surface area contributed by atoms with Gasteiger partial charge in [0, 0.05) is 45.2 Å². The summed E-state index contributed by atoms with van der Waals surface area (Å²) in [6.45, 7) is 2.52. The van der Waals surface area contributed by atoms with E-state index < -0.39 is 5.92 Å². The topological polar surface area (TPSA) is 32.8 Å². The summed E-state index contributed by atoms with van der Waals surface area (Å²) in [6.07, 6.45) is 4.56. The largest absolute Gasteiger partial charge is 0.381 e. The van der Waals surface area contributed by atoms with Crippen molar-refractivity contribution in [1.82, 2.24) is 9.80 Å². The van der Waals surface area contributed by atoms with E-state index in [1.807, 2.05) is 0 Å². The summed E-state index contributed by atoms with van der Waals surface area (Å²) in [6, 6.07) is 0.342. The standard InChI is InChI=1S/C17H28F2N2O2/c1-20(13-4-8-17(18,19)9-5-13)16(22)15-3-2-10-21(15)14-6-11-23-12-7-14/h13-15H,2-12H2,1H3. The molecule has 0 bridgehead atoms. The van der Waals surface area contributed by atoms with Crippen LogP contribution in [0, 0.1) is 0 Å². The zero-order valence-electron chi connectivity index (χ0n) is 14.0. The van der Waals surface area contributed by atoms with E-state index in [9.17, 15) is 13.6 Å². The number of hydrogen-bond acceptors (Lipinski definition) is 3. The number of amides is 1. The van der Waals surface area contributed by atoms with Gasteiger partial charge in [0.25, 0.3) is 0 Å². The maximum absolute atomic E-state index is 13.3. The molecule has 23 heavy (non-hydrogen) atoms. The summed E-state index contributed by atoms with van der Waals surface area (Å²) < 4.78 is 32.1. The van der Waals surface area contributed by atoms with Crippen molar-refractivity contribution >= 4 is 5.91 Å². The molecule has 132 valence electrons. The zero-order chi connectivity index (χ0) is 16.4. The summed E-state index contributed by atoms with van der Waals surface area (Å²) in [5.41, 5.74) is 0. The molecule has 0 radical (unpaired) electrons. The van der Waals surface area contributed by atoms with Crippen molar-refractivity contribution in [2.45, 2.75) is 75.4 Å². The lowest BCUT2D eigenvalue weighted by atomic mass is 9.91. The number of carbonyl (C=O) groups is 1. The SMILES string of the molecule is CN(C(=O)C1CCCN1C1CCOCC1)C1CCC(F)(F)CC1. The Morgan fingerprint density at radius 3 is 2.43 bits per heavy atom. The fourth-order valence-corrected chi connectivity index (χ4v) is 4.34. The predicted molar refractivity (Wildman–Crippen MR) is 83.5 cm³/mol. The summed E-state index contributed by atoms with van der Waals surface area (Å²) in [7, 11) is 1.80. The van der Waals surface area contributed by atoms with Crippen LogP contribution in [0.3, 0.4) is 0 Å². The van der Waals surface area contributed by atoms with Gasteiger partial charge in [-0.25, -0.2) is 8.78 Å². The molecule has 1 atom stereocenters. The Kier molecular flexibility index (Phi) is 5.21. The molecule has 1 amide bonds. The molecule has 1 saturated carbocycles. The first-order valence-corrected chi connectivity index (χ1v) is 8.96. The van der Waals surface area contributed by atoms with Gasteiger partial charge in [-0.05, 0) is 45.1 Å². The summed E-state index contributed by atoms with van der Waals surface area (Å²) in [5, 5.41) is 0. The van der Waals surface area contributed by atoms with Gasteiger partial charge in [0.1, 0.15) is 0 Å². The van der Waals surface area contributed by atoms with E-state index >= 15 is 0 Å². The highest BCUT2D eigenvalue weighted by atomic mass is 19.3. The van der Waals surface area contributed by atoms with Crippen LogP contribution >= 0.6 is 0 Å². The number of hydrogen-bond donors (Lipinski definition) is 0. The first-order chi connectivity index (χ1) is 11.0. The van der Waals surface area contributed by atoms with Gasteiger partial charge in [-0.1, -0.05) is 0 Å².